The summed E-state index contributed by atoms with van der Waals surface area (Å²) in [5, 5.41) is 10.4. The molecule has 0 fully saturated rings. The van der Waals surface area contributed by atoms with Gasteiger partial charge in [-0.3, -0.25) is 4.79 Å². The molecule has 5 nitrogen and oxygen atoms in total. The van der Waals surface area contributed by atoms with Gasteiger partial charge < -0.3 is 19.3 Å². The van der Waals surface area contributed by atoms with Crippen LogP contribution in [-0.4, -0.2) is 25.1 Å². The highest BCUT2D eigenvalue weighted by Crippen LogP contribution is 2.52. The maximum absolute atomic E-state index is 11.5. The standard InChI is InChI=1S/C20H22O5/c1-4-24-16-10-15(13-8-6-5-7-9-13)25-19-12(2)18(22)14(11-21)20(23-3)17(16)19/h5-9,11,15-16,22H,4,10H2,1-3H3/t15-,16+/m0/s1. The van der Waals surface area contributed by atoms with Gasteiger partial charge in [-0.15, -0.1) is 0 Å². The molecule has 0 radical (unpaired) electrons. The number of fused-ring (bicyclic) bond motifs is 1. The number of hydrogen-bond acceptors (Lipinski definition) is 5. The summed E-state index contributed by atoms with van der Waals surface area (Å²) >= 11 is 0. The fourth-order valence-corrected chi connectivity index (χ4v) is 3.37. The molecular weight excluding hydrogens is 320 g/mol. The molecule has 0 bridgehead atoms. The van der Waals surface area contributed by atoms with Crippen molar-refractivity contribution in [3.63, 3.8) is 0 Å². The zero-order chi connectivity index (χ0) is 18.0. The summed E-state index contributed by atoms with van der Waals surface area (Å²) in [5.74, 6) is 0.728. The molecule has 1 aliphatic rings. The lowest BCUT2D eigenvalue weighted by atomic mass is 9.90. The fraction of sp³-hybridized carbons (Fsp3) is 0.350. The number of benzene rings is 2. The zero-order valence-corrected chi connectivity index (χ0v) is 14.6. The number of hydrogen-bond donors (Lipinski definition) is 1. The Morgan fingerprint density at radius 3 is 2.64 bits per heavy atom. The summed E-state index contributed by atoms with van der Waals surface area (Å²) in [4.78, 5) is 11.5. The third-order valence-corrected chi connectivity index (χ3v) is 4.56. The van der Waals surface area contributed by atoms with Gasteiger partial charge in [0.15, 0.2) is 6.29 Å². The van der Waals surface area contributed by atoms with Crippen molar-refractivity contribution >= 4 is 6.29 Å². The minimum absolute atomic E-state index is 0.116. The van der Waals surface area contributed by atoms with E-state index in [4.69, 9.17) is 14.2 Å². The second-order valence-electron chi connectivity index (χ2n) is 5.98. The predicted molar refractivity (Wildman–Crippen MR) is 93.6 cm³/mol. The first-order chi connectivity index (χ1) is 12.1. The number of methoxy groups -OCH3 is 1. The van der Waals surface area contributed by atoms with Crippen LogP contribution in [0.2, 0.25) is 0 Å². The second kappa shape index (κ2) is 7.15. The van der Waals surface area contributed by atoms with Crippen molar-refractivity contribution in [2.75, 3.05) is 13.7 Å². The molecule has 1 aliphatic heterocycles. The number of ether oxygens (including phenoxy) is 3. The van der Waals surface area contributed by atoms with Gasteiger partial charge in [0.2, 0.25) is 0 Å². The van der Waals surface area contributed by atoms with Crippen molar-refractivity contribution in [2.45, 2.75) is 32.5 Å². The SMILES string of the molecule is CCO[C@@H]1C[C@@H](c2ccccc2)Oc2c(C)c(O)c(C=O)c(OC)c21. The van der Waals surface area contributed by atoms with E-state index in [0.29, 0.717) is 41.9 Å². The van der Waals surface area contributed by atoms with Gasteiger partial charge in [0.05, 0.1) is 24.3 Å². The Labute approximate surface area is 147 Å². The molecule has 3 rings (SSSR count). The summed E-state index contributed by atoms with van der Waals surface area (Å²) in [6.45, 7) is 4.18. The highest BCUT2D eigenvalue weighted by atomic mass is 16.5. The molecule has 0 saturated carbocycles. The number of carbonyl (C=O) groups is 1. The minimum Gasteiger partial charge on any atom is -0.507 e. The van der Waals surface area contributed by atoms with Crippen molar-refractivity contribution in [1.82, 2.24) is 0 Å². The molecule has 25 heavy (non-hydrogen) atoms. The Morgan fingerprint density at radius 2 is 2.04 bits per heavy atom. The lowest BCUT2D eigenvalue weighted by Crippen LogP contribution is -2.23. The molecule has 1 N–H and O–H groups in total. The summed E-state index contributed by atoms with van der Waals surface area (Å²) in [7, 11) is 1.48. The number of aromatic hydroxyl groups is 1. The van der Waals surface area contributed by atoms with Crippen LogP contribution in [0.3, 0.4) is 0 Å². The molecule has 132 valence electrons. The van der Waals surface area contributed by atoms with E-state index >= 15 is 0 Å². The van der Waals surface area contributed by atoms with E-state index < -0.39 is 0 Å². The molecule has 0 unspecified atom stereocenters. The average molecular weight is 342 g/mol. The van der Waals surface area contributed by atoms with Crippen LogP contribution in [0, 0.1) is 6.92 Å². The van der Waals surface area contributed by atoms with Gasteiger partial charge in [0.25, 0.3) is 0 Å². The van der Waals surface area contributed by atoms with Crippen LogP contribution in [0.1, 0.15) is 52.6 Å². The van der Waals surface area contributed by atoms with Crippen LogP contribution in [0.5, 0.6) is 17.2 Å². The highest BCUT2D eigenvalue weighted by molar-refractivity contribution is 5.87. The van der Waals surface area contributed by atoms with Gasteiger partial charge in [-0.25, -0.2) is 0 Å². The van der Waals surface area contributed by atoms with E-state index in [1.807, 2.05) is 37.3 Å². The van der Waals surface area contributed by atoms with E-state index in [0.717, 1.165) is 5.56 Å². The summed E-state index contributed by atoms with van der Waals surface area (Å²) in [6, 6.07) is 9.89. The first-order valence-electron chi connectivity index (χ1n) is 8.34. The molecule has 0 saturated heterocycles. The van der Waals surface area contributed by atoms with Gasteiger partial charge in [-0.1, -0.05) is 30.3 Å². The van der Waals surface area contributed by atoms with Crippen LogP contribution in [0.4, 0.5) is 0 Å². The molecule has 0 aromatic heterocycles. The van der Waals surface area contributed by atoms with Crippen LogP contribution in [0.15, 0.2) is 30.3 Å². The Kier molecular flexibility index (Phi) is 4.95. The summed E-state index contributed by atoms with van der Waals surface area (Å²) < 4.78 is 17.6. The maximum atomic E-state index is 11.5. The van der Waals surface area contributed by atoms with Gasteiger partial charge in [0, 0.05) is 18.6 Å². The number of rotatable bonds is 5. The van der Waals surface area contributed by atoms with Gasteiger partial charge >= 0.3 is 0 Å². The fourth-order valence-electron chi connectivity index (χ4n) is 3.37. The van der Waals surface area contributed by atoms with Crippen molar-refractivity contribution in [3.05, 3.63) is 52.6 Å². The van der Waals surface area contributed by atoms with Crippen LogP contribution >= 0.6 is 0 Å². The van der Waals surface area contributed by atoms with Crippen LogP contribution in [0.25, 0.3) is 0 Å². The zero-order valence-electron chi connectivity index (χ0n) is 14.6. The van der Waals surface area contributed by atoms with Gasteiger partial charge in [-0.05, 0) is 19.4 Å². The number of aldehydes is 1. The maximum Gasteiger partial charge on any atom is 0.157 e. The van der Waals surface area contributed by atoms with Crippen molar-refractivity contribution in [2.24, 2.45) is 0 Å². The third-order valence-electron chi connectivity index (χ3n) is 4.56. The number of carbonyl (C=O) groups excluding carboxylic acids is 1. The van der Waals surface area contributed by atoms with E-state index in [1.54, 1.807) is 6.92 Å². The van der Waals surface area contributed by atoms with E-state index in [9.17, 15) is 9.90 Å². The van der Waals surface area contributed by atoms with Gasteiger partial charge in [-0.2, -0.15) is 0 Å². The van der Waals surface area contributed by atoms with E-state index in [1.165, 1.54) is 7.11 Å². The normalized spacial score (nSPS) is 19.0. The monoisotopic (exact) mass is 342 g/mol. The lowest BCUT2D eigenvalue weighted by molar-refractivity contribution is 0.00349. The molecule has 0 aliphatic carbocycles. The predicted octanol–water partition coefficient (Wildman–Crippen LogP) is 4.12. The second-order valence-corrected chi connectivity index (χ2v) is 5.98. The van der Waals surface area contributed by atoms with Crippen molar-refractivity contribution in [1.29, 1.82) is 0 Å². The highest BCUT2D eigenvalue weighted by Gasteiger charge is 2.36. The molecule has 2 aromatic rings. The van der Waals surface area contributed by atoms with Crippen LogP contribution in [-0.2, 0) is 4.74 Å². The molecule has 0 amide bonds. The number of phenolic OH excluding ortho intramolecular Hbond substituents is 1. The van der Waals surface area contributed by atoms with Gasteiger partial charge in [0.1, 0.15) is 23.4 Å². The Bertz CT molecular complexity index is 770. The molecule has 0 spiro atoms. The molecule has 1 heterocycles. The largest absolute Gasteiger partial charge is 0.507 e. The van der Waals surface area contributed by atoms with Crippen molar-refractivity contribution < 1.29 is 24.1 Å². The van der Waals surface area contributed by atoms with Crippen molar-refractivity contribution in [3.8, 4) is 17.2 Å². The lowest BCUT2D eigenvalue weighted by Gasteiger charge is -2.35. The topological polar surface area (TPSA) is 65.0 Å². The molecule has 2 atom stereocenters. The molecule has 5 heteroatoms. The van der Waals surface area contributed by atoms with E-state index in [2.05, 4.69) is 0 Å². The van der Waals surface area contributed by atoms with Crippen LogP contribution < -0.4 is 9.47 Å². The minimum atomic E-state index is -0.285. The smallest absolute Gasteiger partial charge is 0.157 e. The molecule has 2 aromatic carbocycles. The Morgan fingerprint density at radius 1 is 1.32 bits per heavy atom. The third kappa shape index (κ3) is 2.96. The van der Waals surface area contributed by atoms with E-state index in [-0.39, 0.29) is 23.5 Å². The Hall–Kier alpha value is -2.53. The quantitative estimate of drug-likeness (QED) is 0.828. The molecular formula is C20H22O5. The number of phenols is 1. The summed E-state index contributed by atoms with van der Waals surface area (Å²) in [6.07, 6.45) is 0.722. The summed E-state index contributed by atoms with van der Waals surface area (Å²) in [5.41, 5.74) is 2.37. The average Bonchev–Trinajstić information content (AvgIpc) is 2.65. The first-order valence-corrected chi connectivity index (χ1v) is 8.34. The first kappa shape index (κ1) is 17.3. The Balaban J connectivity index is 2.18.